The Kier molecular flexibility index (Phi) is 5.18. The molecule has 0 heterocycles. The molecule has 0 spiro atoms. The van der Waals surface area contributed by atoms with E-state index in [4.69, 9.17) is 9.66 Å². The molecule has 2 rings (SSSR count). The van der Waals surface area contributed by atoms with Crippen molar-refractivity contribution in [1.82, 2.24) is 0 Å². The summed E-state index contributed by atoms with van der Waals surface area (Å²) in [7, 11) is -4.36. The molecule has 0 aliphatic heterocycles. The Labute approximate surface area is 115 Å². The zero-order chi connectivity index (χ0) is 15.2. The molecule has 0 bridgehead atoms. The molecule has 0 aliphatic rings. The molecule has 0 unspecified atom stereocenters. The van der Waals surface area contributed by atoms with Crippen LogP contribution in [0.1, 0.15) is 0 Å². The van der Waals surface area contributed by atoms with Crippen LogP contribution in [0.3, 0.4) is 0 Å². The van der Waals surface area contributed by atoms with Gasteiger partial charge in [-0.15, -0.1) is 0 Å². The van der Waals surface area contributed by atoms with Crippen molar-refractivity contribution in [3.63, 3.8) is 0 Å². The topological polar surface area (TPSA) is 118 Å². The van der Waals surface area contributed by atoms with Crippen LogP contribution in [0, 0.1) is 10.1 Å². The van der Waals surface area contributed by atoms with E-state index in [2.05, 4.69) is 0 Å². The van der Waals surface area contributed by atoms with Crippen molar-refractivity contribution in [2.45, 2.75) is 4.90 Å². The zero-order valence-electron chi connectivity index (χ0n) is 10.1. The van der Waals surface area contributed by atoms with Crippen LogP contribution in [0.2, 0.25) is 0 Å². The maximum atomic E-state index is 10.5. The van der Waals surface area contributed by atoms with Crippen LogP contribution < -0.4 is 0 Å². The van der Waals surface area contributed by atoms with Crippen molar-refractivity contribution >= 4 is 15.8 Å². The number of rotatable bonds is 2. The molecule has 0 aliphatic carbocycles. The first kappa shape index (κ1) is 15.6. The van der Waals surface area contributed by atoms with Crippen LogP contribution in [-0.2, 0) is 10.1 Å². The molecular formula is C12H11NO6S. The average Bonchev–Trinajstić information content (AvgIpc) is 2.39. The number of phenolic OH excluding ortho intramolecular Hbond substituents is 1. The fraction of sp³-hybridized carbons (Fsp3) is 0. The first-order valence-electron chi connectivity index (χ1n) is 5.26. The molecule has 0 saturated carbocycles. The monoisotopic (exact) mass is 297 g/mol. The van der Waals surface area contributed by atoms with E-state index in [1.807, 2.05) is 6.07 Å². The highest BCUT2D eigenvalue weighted by atomic mass is 32.2. The van der Waals surface area contributed by atoms with Crippen molar-refractivity contribution in [2.75, 3.05) is 0 Å². The SMILES string of the molecule is O=[N+]([O-])c1cccc(S(=O)(=O)O)c1.Oc1ccccc1. The summed E-state index contributed by atoms with van der Waals surface area (Å²) in [6, 6.07) is 12.9. The normalized spacial score (nSPS) is 10.2. The molecule has 2 aromatic rings. The summed E-state index contributed by atoms with van der Waals surface area (Å²) < 4.78 is 29.6. The Morgan fingerprint density at radius 2 is 1.60 bits per heavy atom. The third kappa shape index (κ3) is 5.04. The number of phenols is 1. The number of non-ortho nitro benzene ring substituents is 1. The molecule has 0 radical (unpaired) electrons. The fourth-order valence-corrected chi connectivity index (χ4v) is 1.71. The van der Waals surface area contributed by atoms with Gasteiger partial charge in [0, 0.05) is 12.1 Å². The van der Waals surface area contributed by atoms with E-state index in [1.165, 1.54) is 6.07 Å². The second kappa shape index (κ2) is 6.64. The van der Waals surface area contributed by atoms with Crippen molar-refractivity contribution in [3.05, 3.63) is 64.7 Å². The number of nitro benzene ring substituents is 1. The highest BCUT2D eigenvalue weighted by molar-refractivity contribution is 7.85. The third-order valence-electron chi connectivity index (χ3n) is 2.08. The van der Waals surface area contributed by atoms with Gasteiger partial charge >= 0.3 is 0 Å². The van der Waals surface area contributed by atoms with E-state index in [0.717, 1.165) is 18.2 Å². The standard InChI is InChI=1S/C6H5NO5S.C6H6O/c8-7(9)5-2-1-3-6(4-5)13(10,11)12;7-6-4-2-1-3-5-6/h1-4H,(H,10,11,12);1-5,7H. The molecule has 7 nitrogen and oxygen atoms in total. The van der Waals surface area contributed by atoms with Crippen molar-refractivity contribution in [3.8, 4) is 5.75 Å². The lowest BCUT2D eigenvalue weighted by Crippen LogP contribution is -1.98. The average molecular weight is 297 g/mol. The predicted molar refractivity (Wildman–Crippen MR) is 71.0 cm³/mol. The van der Waals surface area contributed by atoms with Gasteiger partial charge in [-0.2, -0.15) is 8.42 Å². The van der Waals surface area contributed by atoms with Crippen LogP contribution in [0.4, 0.5) is 5.69 Å². The second-order valence-corrected chi connectivity index (χ2v) is 4.99. The van der Waals surface area contributed by atoms with Crippen LogP contribution in [0.15, 0.2) is 59.5 Å². The first-order chi connectivity index (χ1) is 9.30. The highest BCUT2D eigenvalue weighted by Crippen LogP contribution is 2.16. The van der Waals surface area contributed by atoms with Gasteiger partial charge in [-0.05, 0) is 18.2 Å². The van der Waals surface area contributed by atoms with Crippen LogP contribution in [0.25, 0.3) is 0 Å². The van der Waals surface area contributed by atoms with E-state index < -0.39 is 19.9 Å². The molecule has 8 heteroatoms. The van der Waals surface area contributed by atoms with Gasteiger partial charge < -0.3 is 5.11 Å². The number of benzene rings is 2. The Balaban J connectivity index is 0.000000240. The number of aromatic hydroxyl groups is 1. The van der Waals surface area contributed by atoms with Crippen LogP contribution in [0.5, 0.6) is 5.75 Å². The van der Waals surface area contributed by atoms with E-state index in [9.17, 15) is 18.5 Å². The maximum Gasteiger partial charge on any atom is 0.294 e. The smallest absolute Gasteiger partial charge is 0.294 e. The van der Waals surface area contributed by atoms with Gasteiger partial charge in [0.15, 0.2) is 0 Å². The lowest BCUT2D eigenvalue weighted by atomic mass is 10.3. The van der Waals surface area contributed by atoms with Gasteiger partial charge in [0.25, 0.3) is 15.8 Å². The Morgan fingerprint density at radius 3 is 2.00 bits per heavy atom. The predicted octanol–water partition coefficient (Wildman–Crippen LogP) is 2.23. The minimum absolute atomic E-state index is 0.322. The number of nitro groups is 1. The van der Waals surface area contributed by atoms with E-state index >= 15 is 0 Å². The van der Waals surface area contributed by atoms with Crippen molar-refractivity contribution in [2.24, 2.45) is 0 Å². The summed E-state index contributed by atoms with van der Waals surface area (Å²) in [5.74, 6) is 0.322. The zero-order valence-corrected chi connectivity index (χ0v) is 10.9. The molecule has 2 aromatic carbocycles. The van der Waals surface area contributed by atoms with Crippen LogP contribution in [-0.4, -0.2) is 23.0 Å². The van der Waals surface area contributed by atoms with Gasteiger partial charge in [0.05, 0.1) is 4.92 Å². The van der Waals surface area contributed by atoms with Gasteiger partial charge in [-0.25, -0.2) is 0 Å². The maximum absolute atomic E-state index is 10.5. The van der Waals surface area contributed by atoms with Crippen LogP contribution >= 0.6 is 0 Å². The molecule has 0 fully saturated rings. The number of nitrogens with zero attached hydrogens (tertiary/aromatic N) is 1. The summed E-state index contributed by atoms with van der Waals surface area (Å²) in [6.07, 6.45) is 0. The van der Waals surface area contributed by atoms with Gasteiger partial charge in [0.2, 0.25) is 0 Å². The third-order valence-corrected chi connectivity index (χ3v) is 2.93. The fourth-order valence-electron chi connectivity index (χ4n) is 1.19. The minimum atomic E-state index is -4.36. The molecule has 106 valence electrons. The molecule has 0 atom stereocenters. The Bertz CT molecular complexity index is 684. The number of para-hydroxylation sites is 1. The Morgan fingerprint density at radius 1 is 1.00 bits per heavy atom. The molecule has 0 saturated heterocycles. The van der Waals surface area contributed by atoms with Gasteiger partial charge in [-0.1, -0.05) is 24.3 Å². The molecular weight excluding hydrogens is 286 g/mol. The highest BCUT2D eigenvalue weighted by Gasteiger charge is 2.13. The Hall–Kier alpha value is -2.45. The summed E-state index contributed by atoms with van der Waals surface area (Å²) in [4.78, 5) is 8.98. The van der Waals surface area contributed by atoms with E-state index in [1.54, 1.807) is 24.3 Å². The summed E-state index contributed by atoms with van der Waals surface area (Å²) in [5.41, 5.74) is -0.380. The largest absolute Gasteiger partial charge is 0.508 e. The van der Waals surface area contributed by atoms with Gasteiger partial charge in [-0.3, -0.25) is 14.7 Å². The number of hydrogen-bond donors (Lipinski definition) is 2. The van der Waals surface area contributed by atoms with Gasteiger partial charge in [0.1, 0.15) is 10.6 Å². The van der Waals surface area contributed by atoms with Crippen molar-refractivity contribution in [1.29, 1.82) is 0 Å². The quantitative estimate of drug-likeness (QED) is 0.498. The second-order valence-electron chi connectivity index (χ2n) is 3.57. The molecule has 20 heavy (non-hydrogen) atoms. The molecule has 2 N–H and O–H groups in total. The molecule has 0 amide bonds. The van der Waals surface area contributed by atoms with E-state index in [0.29, 0.717) is 5.75 Å². The minimum Gasteiger partial charge on any atom is -0.508 e. The first-order valence-corrected chi connectivity index (χ1v) is 6.70. The summed E-state index contributed by atoms with van der Waals surface area (Å²) >= 11 is 0. The lowest BCUT2D eigenvalue weighted by Gasteiger charge is -1.95. The number of hydrogen-bond acceptors (Lipinski definition) is 5. The summed E-state index contributed by atoms with van der Waals surface area (Å²) in [5, 5.41) is 18.8. The van der Waals surface area contributed by atoms with E-state index in [-0.39, 0.29) is 5.69 Å². The molecule has 0 aromatic heterocycles. The lowest BCUT2D eigenvalue weighted by molar-refractivity contribution is -0.385. The summed E-state index contributed by atoms with van der Waals surface area (Å²) in [6.45, 7) is 0. The van der Waals surface area contributed by atoms with Crippen molar-refractivity contribution < 1.29 is 23.0 Å².